The van der Waals surface area contributed by atoms with Crippen LogP contribution in [0.5, 0.6) is 11.5 Å². The lowest BCUT2D eigenvalue weighted by Gasteiger charge is -2.10. The number of halogens is 4. The Hall–Kier alpha value is -8.32. The summed E-state index contributed by atoms with van der Waals surface area (Å²) in [6.45, 7) is 1.59. The average molecular weight is 1220 g/mol. The van der Waals surface area contributed by atoms with Gasteiger partial charge >= 0.3 is 5.97 Å². The van der Waals surface area contributed by atoms with Crippen molar-refractivity contribution in [2.24, 2.45) is 0 Å². The highest BCUT2D eigenvalue weighted by molar-refractivity contribution is 8.26. The number of hydrogen-bond donors (Lipinski definition) is 3. The van der Waals surface area contributed by atoms with Crippen LogP contribution in [0.25, 0.3) is 33.4 Å². The lowest BCUT2D eigenvalue weighted by Crippen LogP contribution is -2.24. The Balaban J connectivity index is 0.000000210. The Bertz CT molecular complexity index is 3420. The Morgan fingerprint density at radius 3 is 1.06 bits per heavy atom. The van der Waals surface area contributed by atoms with E-state index in [2.05, 4.69) is 63.1 Å². The van der Waals surface area contributed by atoms with Gasteiger partial charge in [-0.2, -0.15) is 0 Å². The van der Waals surface area contributed by atoms with E-state index in [9.17, 15) is 14.4 Å². The second kappa shape index (κ2) is 37.7. The van der Waals surface area contributed by atoms with Crippen molar-refractivity contribution in [2.75, 3.05) is 0 Å². The molecule has 84 heavy (non-hydrogen) atoms. The molecule has 0 aromatic heterocycles. The zero-order chi connectivity index (χ0) is 58.9. The zero-order valence-electron chi connectivity index (χ0n) is 46.0. The minimum absolute atomic E-state index is 0. The lowest BCUT2D eigenvalue weighted by atomic mass is 10.0. The number of alkyl halides is 1. The van der Waals surface area contributed by atoms with E-state index < -0.39 is 15.2 Å². The fourth-order valence-corrected chi connectivity index (χ4v) is 8.39. The minimum Gasteiger partial charge on any atom is -0.489 e. The number of ether oxygens (including phenoxy) is 2. The molecule has 5 N–H and O–H groups in total. The molecule has 430 valence electrons. The Kier molecular flexibility index (Phi) is 29.8. The molecule has 10 aromatic carbocycles. The third-order valence-electron chi connectivity index (χ3n) is 12.2. The van der Waals surface area contributed by atoms with Crippen LogP contribution in [0.2, 0.25) is 0 Å². The first-order valence-corrected chi connectivity index (χ1v) is 30.0. The summed E-state index contributed by atoms with van der Waals surface area (Å²) >= 11 is 11.1. The molecule has 0 fully saturated rings. The minimum atomic E-state index is -1.67. The fraction of sp³-hybridized carbons (Fsp3) is 0.100. The number of rotatable bonds is 18. The number of carbonyl (C=O) groups is 3. The number of hydrogen-bond acceptors (Lipinski definition) is 7. The van der Waals surface area contributed by atoms with E-state index in [0.29, 0.717) is 32.1 Å². The topological polar surface area (TPSA) is 154 Å². The molecule has 1 amide bonds. The fourth-order valence-electron chi connectivity index (χ4n) is 8.07. The smallest absolute Gasteiger partial charge is 0.307 e. The SMILES string of the molecule is ClCc1cccc(OCc2ccccc2)c1.N.O=C(Cc1ccc(-c2ccccc2)cc1)NCc1cccc(OCc2ccccc2)c1.O=C(Cl)Cc1ccc(-c2ccccc2)cc1.O=C(O)Cc1ccc(-c2ccccc2)cc1.O=S(Cl)Cl. The van der Waals surface area contributed by atoms with E-state index in [4.69, 9.17) is 42.0 Å². The molecule has 0 atom stereocenters. The summed E-state index contributed by atoms with van der Waals surface area (Å²) in [6.07, 6.45) is 0.727. The molecule has 0 saturated heterocycles. The highest BCUT2D eigenvalue weighted by atomic mass is 36.0. The molecule has 0 heterocycles. The number of aliphatic carboxylic acids is 1. The molecule has 0 bridgehead atoms. The zero-order valence-corrected chi connectivity index (χ0v) is 49.8. The predicted molar refractivity (Wildman–Crippen MR) is 346 cm³/mol. The Labute approximate surface area is 513 Å². The van der Waals surface area contributed by atoms with Gasteiger partial charge in [-0.15, -0.1) is 11.6 Å². The van der Waals surface area contributed by atoms with E-state index in [1.165, 1.54) is 16.7 Å². The van der Waals surface area contributed by atoms with Crippen molar-refractivity contribution >= 4 is 70.9 Å². The quantitative estimate of drug-likeness (QED) is 0.0567. The van der Waals surface area contributed by atoms with Crippen LogP contribution in [0.3, 0.4) is 0 Å². The highest BCUT2D eigenvalue weighted by Gasteiger charge is 2.07. The monoisotopic (exact) mass is 1220 g/mol. The van der Waals surface area contributed by atoms with Crippen molar-refractivity contribution in [3.8, 4) is 44.9 Å². The van der Waals surface area contributed by atoms with E-state index >= 15 is 0 Å². The van der Waals surface area contributed by atoms with Crippen molar-refractivity contribution in [1.82, 2.24) is 11.5 Å². The highest BCUT2D eigenvalue weighted by Crippen LogP contribution is 2.23. The van der Waals surface area contributed by atoms with Gasteiger partial charge in [-0.25, -0.2) is 4.21 Å². The number of nitrogens with one attached hydrogen (secondary N) is 1. The first kappa shape index (κ1) is 66.5. The summed E-state index contributed by atoms with van der Waals surface area (Å²) in [5, 5.41) is 11.3. The van der Waals surface area contributed by atoms with Gasteiger partial charge < -0.3 is 26.0 Å². The molecule has 0 aliphatic heterocycles. The molecule has 0 unspecified atom stereocenters. The maximum atomic E-state index is 12.4. The summed E-state index contributed by atoms with van der Waals surface area (Å²) in [5.41, 5.74) is 14.0. The van der Waals surface area contributed by atoms with E-state index in [0.717, 1.165) is 67.1 Å². The number of carbonyl (C=O) groups excluding carboxylic acids is 2. The summed E-state index contributed by atoms with van der Waals surface area (Å²) in [5.74, 6) is 1.38. The molecule has 9 nitrogen and oxygen atoms in total. The molecule has 14 heteroatoms. The maximum Gasteiger partial charge on any atom is 0.307 e. The van der Waals surface area contributed by atoms with Crippen LogP contribution in [0, 0.1) is 0 Å². The van der Waals surface area contributed by atoms with Crippen molar-refractivity contribution < 1.29 is 33.2 Å². The van der Waals surface area contributed by atoms with Crippen LogP contribution >= 0.6 is 44.6 Å². The van der Waals surface area contributed by atoms with Crippen LogP contribution in [0.1, 0.15) is 38.9 Å². The number of amides is 1. The van der Waals surface area contributed by atoms with E-state index in [1.54, 1.807) is 0 Å². The van der Waals surface area contributed by atoms with Gasteiger partial charge in [-0.1, -0.05) is 249 Å². The van der Waals surface area contributed by atoms with Crippen LogP contribution in [-0.4, -0.2) is 26.4 Å². The van der Waals surface area contributed by atoms with E-state index in [-0.39, 0.29) is 30.1 Å². The molecule has 10 aromatic rings. The number of carboxylic acids is 1. The standard InChI is InChI=1S/C28H25NO2.C14H13ClO.C14H11ClO.C14H12O2.Cl2OS.H3N/c30-28(19-22-14-16-26(17-15-22)25-11-5-2-6-12-25)29-20-24-10-7-13-27(18-24)31-21-23-8-3-1-4-9-23;15-10-13-7-4-8-14(9-13)16-11-12-5-2-1-3-6-12;2*15-14(16)10-11-6-8-13(9-7-11)12-4-2-1-3-5-12;1-4(2)3;/h1-18H,19-21H2,(H,29,30);1-9H,10-11H2;1-9H,10H2;1-9H,10H2,(H,15,16);;1H3. The molecule has 0 saturated carbocycles. The normalized spacial score (nSPS) is 10.0. The summed E-state index contributed by atoms with van der Waals surface area (Å²) in [4.78, 5) is 33.7. The molecular formula is C70H64Cl4N2O7S. The van der Waals surface area contributed by atoms with Crippen molar-refractivity contribution in [3.63, 3.8) is 0 Å². The Morgan fingerprint density at radius 2 is 0.702 bits per heavy atom. The van der Waals surface area contributed by atoms with Crippen molar-refractivity contribution in [2.45, 2.75) is 44.9 Å². The van der Waals surface area contributed by atoms with Gasteiger partial charge in [-0.05, 0) is 108 Å². The second-order valence-corrected chi connectivity index (χ2v) is 21.6. The van der Waals surface area contributed by atoms with Crippen LogP contribution in [-0.2, 0) is 68.5 Å². The summed E-state index contributed by atoms with van der Waals surface area (Å²) in [7, 11) is 7.36. The largest absolute Gasteiger partial charge is 0.489 e. The third-order valence-corrected chi connectivity index (χ3v) is 12.6. The van der Waals surface area contributed by atoms with Gasteiger partial charge in [-0.3, -0.25) is 14.4 Å². The molecule has 0 aliphatic rings. The Morgan fingerprint density at radius 1 is 0.393 bits per heavy atom. The van der Waals surface area contributed by atoms with Crippen LogP contribution in [0.15, 0.2) is 273 Å². The maximum absolute atomic E-state index is 12.4. The molecule has 0 spiro atoms. The molecule has 0 radical (unpaired) electrons. The number of benzene rings is 10. The van der Waals surface area contributed by atoms with Crippen molar-refractivity contribution in [1.29, 1.82) is 0 Å². The van der Waals surface area contributed by atoms with Gasteiger partial charge in [0.1, 0.15) is 24.7 Å². The van der Waals surface area contributed by atoms with Gasteiger partial charge in [0.05, 0.1) is 12.8 Å². The van der Waals surface area contributed by atoms with Crippen molar-refractivity contribution in [3.05, 3.63) is 312 Å². The summed E-state index contributed by atoms with van der Waals surface area (Å²) in [6, 6.07) is 89.9. The molecule has 10 rings (SSSR count). The van der Waals surface area contributed by atoms with Gasteiger partial charge in [0.25, 0.3) is 0 Å². The van der Waals surface area contributed by atoms with Gasteiger partial charge in [0.15, 0.2) is 0 Å². The van der Waals surface area contributed by atoms with Crippen LogP contribution < -0.4 is 20.9 Å². The van der Waals surface area contributed by atoms with Crippen LogP contribution in [0.4, 0.5) is 0 Å². The molecular weight excluding hydrogens is 1150 g/mol. The molecule has 0 aliphatic carbocycles. The number of carboxylic acid groups (broad SMARTS) is 1. The average Bonchev–Trinajstić information content (AvgIpc) is 3.60. The van der Waals surface area contributed by atoms with E-state index in [1.807, 2.05) is 237 Å². The lowest BCUT2D eigenvalue weighted by molar-refractivity contribution is -0.136. The van der Waals surface area contributed by atoms with Gasteiger partial charge in [0.2, 0.25) is 20.4 Å². The second-order valence-electron chi connectivity index (χ2n) is 18.4. The summed E-state index contributed by atoms with van der Waals surface area (Å²) < 4.78 is 20.6. The third kappa shape index (κ3) is 25.9. The predicted octanol–water partition coefficient (Wildman–Crippen LogP) is 17.6. The van der Waals surface area contributed by atoms with Gasteiger partial charge in [0, 0.05) is 40.2 Å². The first-order chi connectivity index (χ1) is 40.4. The first-order valence-electron chi connectivity index (χ1n) is 26.3.